The summed E-state index contributed by atoms with van der Waals surface area (Å²) in [6.07, 6.45) is 7.06. The van der Waals surface area contributed by atoms with Gasteiger partial charge in [-0.2, -0.15) is 0 Å². The highest BCUT2D eigenvalue weighted by atomic mass is 16.3. The summed E-state index contributed by atoms with van der Waals surface area (Å²) in [4.78, 5) is 0. The van der Waals surface area contributed by atoms with E-state index in [1.807, 2.05) is 6.92 Å². The third-order valence-electron chi connectivity index (χ3n) is 3.86. The van der Waals surface area contributed by atoms with E-state index in [1.54, 1.807) is 0 Å². The standard InChI is InChI=1S/C11H23NO/c1-3-10(12)8-6-5-7-9-11(10,13)4-2/h13H,3-9,12H2,1-2H3. The van der Waals surface area contributed by atoms with Crippen molar-refractivity contribution < 1.29 is 5.11 Å². The number of hydrogen-bond acceptors (Lipinski definition) is 2. The molecule has 1 fully saturated rings. The Morgan fingerprint density at radius 1 is 1.08 bits per heavy atom. The van der Waals surface area contributed by atoms with Gasteiger partial charge in [0.05, 0.1) is 5.60 Å². The molecule has 2 heteroatoms. The molecule has 0 saturated heterocycles. The molecular weight excluding hydrogens is 162 g/mol. The van der Waals surface area contributed by atoms with Crippen LogP contribution < -0.4 is 5.73 Å². The van der Waals surface area contributed by atoms with Gasteiger partial charge in [0.2, 0.25) is 0 Å². The van der Waals surface area contributed by atoms with Gasteiger partial charge >= 0.3 is 0 Å². The van der Waals surface area contributed by atoms with Gasteiger partial charge in [0.25, 0.3) is 0 Å². The lowest BCUT2D eigenvalue weighted by Gasteiger charge is -2.43. The van der Waals surface area contributed by atoms with Crippen molar-refractivity contribution in [2.75, 3.05) is 0 Å². The van der Waals surface area contributed by atoms with E-state index in [9.17, 15) is 5.11 Å². The van der Waals surface area contributed by atoms with Gasteiger partial charge in [-0.3, -0.25) is 0 Å². The molecule has 13 heavy (non-hydrogen) atoms. The maximum Gasteiger partial charge on any atom is 0.0823 e. The quantitative estimate of drug-likeness (QED) is 0.648. The SMILES string of the molecule is CCC1(N)CCCCCC1(O)CC. The fourth-order valence-electron chi connectivity index (χ4n) is 2.55. The summed E-state index contributed by atoms with van der Waals surface area (Å²) in [5.41, 5.74) is 5.35. The largest absolute Gasteiger partial charge is 0.388 e. The summed E-state index contributed by atoms with van der Waals surface area (Å²) in [6, 6.07) is 0. The van der Waals surface area contributed by atoms with Gasteiger partial charge in [0.15, 0.2) is 0 Å². The average Bonchev–Trinajstić information content (AvgIpc) is 2.29. The zero-order valence-corrected chi connectivity index (χ0v) is 8.97. The van der Waals surface area contributed by atoms with E-state index in [2.05, 4.69) is 6.92 Å². The lowest BCUT2D eigenvalue weighted by Crippen LogP contribution is -2.59. The van der Waals surface area contributed by atoms with Crippen molar-refractivity contribution in [3.05, 3.63) is 0 Å². The zero-order valence-electron chi connectivity index (χ0n) is 8.97. The second-order valence-electron chi connectivity index (χ2n) is 4.46. The third kappa shape index (κ3) is 1.89. The minimum Gasteiger partial charge on any atom is -0.388 e. The van der Waals surface area contributed by atoms with Crippen LogP contribution in [0.3, 0.4) is 0 Å². The van der Waals surface area contributed by atoms with Crippen molar-refractivity contribution in [2.24, 2.45) is 5.73 Å². The van der Waals surface area contributed by atoms with Crippen molar-refractivity contribution in [1.29, 1.82) is 0 Å². The third-order valence-corrected chi connectivity index (χ3v) is 3.86. The van der Waals surface area contributed by atoms with E-state index in [0.29, 0.717) is 0 Å². The van der Waals surface area contributed by atoms with Gasteiger partial charge < -0.3 is 10.8 Å². The highest BCUT2D eigenvalue weighted by molar-refractivity contribution is 5.03. The summed E-state index contributed by atoms with van der Waals surface area (Å²) in [7, 11) is 0. The van der Waals surface area contributed by atoms with Gasteiger partial charge in [-0.1, -0.05) is 33.1 Å². The lowest BCUT2D eigenvalue weighted by atomic mass is 9.73. The van der Waals surface area contributed by atoms with Gasteiger partial charge in [-0.25, -0.2) is 0 Å². The molecule has 0 bridgehead atoms. The predicted octanol–water partition coefficient (Wildman–Crippen LogP) is 2.20. The van der Waals surface area contributed by atoms with Crippen LogP contribution in [0.4, 0.5) is 0 Å². The van der Waals surface area contributed by atoms with E-state index in [-0.39, 0.29) is 5.54 Å². The van der Waals surface area contributed by atoms with Gasteiger partial charge in [-0.15, -0.1) is 0 Å². The minimum absolute atomic E-state index is 0.335. The Kier molecular flexibility index (Phi) is 3.36. The van der Waals surface area contributed by atoms with Crippen LogP contribution in [0, 0.1) is 0 Å². The molecule has 0 radical (unpaired) electrons. The van der Waals surface area contributed by atoms with Gasteiger partial charge in [-0.05, 0) is 25.7 Å². The maximum atomic E-state index is 10.5. The van der Waals surface area contributed by atoms with Crippen LogP contribution in [0.5, 0.6) is 0 Å². The molecule has 3 N–H and O–H groups in total. The van der Waals surface area contributed by atoms with Crippen molar-refractivity contribution in [2.45, 2.75) is 69.9 Å². The molecule has 2 unspecified atom stereocenters. The zero-order chi connectivity index (χ0) is 9.95. The number of rotatable bonds is 2. The molecule has 0 spiro atoms. The molecule has 2 nitrogen and oxygen atoms in total. The summed E-state index contributed by atoms with van der Waals surface area (Å²) in [6.45, 7) is 4.13. The summed E-state index contributed by atoms with van der Waals surface area (Å²) in [5, 5.41) is 10.5. The van der Waals surface area contributed by atoms with E-state index in [4.69, 9.17) is 5.73 Å². The fourth-order valence-corrected chi connectivity index (χ4v) is 2.55. The summed E-state index contributed by atoms with van der Waals surface area (Å²) < 4.78 is 0. The van der Waals surface area contributed by atoms with Crippen LogP contribution in [-0.4, -0.2) is 16.2 Å². The van der Waals surface area contributed by atoms with E-state index in [1.165, 1.54) is 12.8 Å². The first-order valence-electron chi connectivity index (χ1n) is 5.59. The highest BCUT2D eigenvalue weighted by Gasteiger charge is 2.45. The Balaban J connectivity index is 2.85. The molecule has 1 aliphatic rings. The Morgan fingerprint density at radius 3 is 2.23 bits per heavy atom. The molecule has 0 aromatic heterocycles. The monoisotopic (exact) mass is 185 g/mol. The van der Waals surface area contributed by atoms with Crippen LogP contribution in [0.25, 0.3) is 0 Å². The van der Waals surface area contributed by atoms with Crippen LogP contribution in [-0.2, 0) is 0 Å². The molecule has 0 aliphatic heterocycles. The van der Waals surface area contributed by atoms with Gasteiger partial charge in [0.1, 0.15) is 0 Å². The van der Waals surface area contributed by atoms with Crippen LogP contribution >= 0.6 is 0 Å². The number of aliphatic hydroxyl groups is 1. The second kappa shape index (κ2) is 3.97. The molecule has 78 valence electrons. The second-order valence-corrected chi connectivity index (χ2v) is 4.46. The van der Waals surface area contributed by atoms with Crippen molar-refractivity contribution in [3.8, 4) is 0 Å². The van der Waals surface area contributed by atoms with Crippen molar-refractivity contribution >= 4 is 0 Å². The number of hydrogen-bond donors (Lipinski definition) is 2. The Labute approximate surface area is 81.5 Å². The molecule has 0 amide bonds. The number of nitrogens with two attached hydrogens (primary N) is 1. The van der Waals surface area contributed by atoms with Crippen molar-refractivity contribution in [1.82, 2.24) is 0 Å². The summed E-state index contributed by atoms with van der Waals surface area (Å²) in [5.74, 6) is 0. The Bertz CT molecular complexity index is 153. The van der Waals surface area contributed by atoms with Crippen LogP contribution in [0.1, 0.15) is 58.8 Å². The minimum atomic E-state index is -0.613. The first-order chi connectivity index (χ1) is 6.08. The molecule has 1 saturated carbocycles. The smallest absolute Gasteiger partial charge is 0.0823 e. The van der Waals surface area contributed by atoms with Crippen LogP contribution in [0.2, 0.25) is 0 Å². The molecular formula is C11H23NO. The van der Waals surface area contributed by atoms with Crippen LogP contribution in [0.15, 0.2) is 0 Å². The Morgan fingerprint density at radius 2 is 1.69 bits per heavy atom. The Hall–Kier alpha value is -0.0800. The first-order valence-corrected chi connectivity index (χ1v) is 5.59. The molecule has 0 aromatic carbocycles. The summed E-state index contributed by atoms with van der Waals surface area (Å²) >= 11 is 0. The topological polar surface area (TPSA) is 46.2 Å². The van der Waals surface area contributed by atoms with E-state index in [0.717, 1.165) is 32.1 Å². The predicted molar refractivity (Wildman–Crippen MR) is 55.5 cm³/mol. The van der Waals surface area contributed by atoms with E-state index >= 15 is 0 Å². The fraction of sp³-hybridized carbons (Fsp3) is 1.00. The first kappa shape index (κ1) is 11.0. The lowest BCUT2D eigenvalue weighted by molar-refractivity contribution is -0.0470. The maximum absolute atomic E-state index is 10.5. The molecule has 1 rings (SSSR count). The van der Waals surface area contributed by atoms with E-state index < -0.39 is 5.60 Å². The van der Waals surface area contributed by atoms with Crippen molar-refractivity contribution in [3.63, 3.8) is 0 Å². The van der Waals surface area contributed by atoms with Gasteiger partial charge in [0, 0.05) is 5.54 Å². The normalized spacial score (nSPS) is 41.5. The highest BCUT2D eigenvalue weighted by Crippen LogP contribution is 2.38. The molecule has 1 aliphatic carbocycles. The average molecular weight is 185 g/mol. The molecule has 2 atom stereocenters. The molecule has 0 heterocycles. The molecule has 0 aromatic rings.